The van der Waals surface area contributed by atoms with Crippen LogP contribution in [0.15, 0.2) is 94.6 Å². The van der Waals surface area contributed by atoms with Crippen LogP contribution in [0, 0.1) is 11.8 Å². The highest BCUT2D eigenvalue weighted by Gasteiger charge is 2.44. The van der Waals surface area contributed by atoms with Gasteiger partial charge in [-0.1, -0.05) is 78.7 Å². The van der Waals surface area contributed by atoms with Gasteiger partial charge in [0.05, 0.1) is 26.9 Å². The van der Waals surface area contributed by atoms with Gasteiger partial charge in [-0.05, 0) is 24.1 Å². The molecule has 0 unspecified atom stereocenters. The lowest BCUT2D eigenvalue weighted by Gasteiger charge is -2.38. The zero-order valence-corrected chi connectivity index (χ0v) is 23.6. The van der Waals surface area contributed by atoms with Gasteiger partial charge in [0, 0.05) is 18.2 Å². The van der Waals surface area contributed by atoms with Crippen molar-refractivity contribution in [2.45, 2.75) is 37.4 Å². The summed E-state index contributed by atoms with van der Waals surface area (Å²) in [4.78, 5) is 27.1. The average Bonchev–Trinajstić information content (AvgIpc) is 3.39. The maximum atomic E-state index is 12.6. The van der Waals surface area contributed by atoms with E-state index < -0.39 is 35.3 Å². The molecule has 216 valence electrons. The normalized spacial score (nSPS) is 18.2. The smallest absolute Gasteiger partial charge is 0.330 e. The molecule has 3 aromatic carbocycles. The fourth-order valence-corrected chi connectivity index (χ4v) is 5.40. The number of aromatic amines is 1. The summed E-state index contributed by atoms with van der Waals surface area (Å²) in [5.74, 6) is 6.40. The number of aliphatic hydroxyl groups is 1. The van der Waals surface area contributed by atoms with Gasteiger partial charge >= 0.3 is 5.69 Å². The van der Waals surface area contributed by atoms with Gasteiger partial charge in [-0.25, -0.2) is 4.79 Å². The van der Waals surface area contributed by atoms with Crippen LogP contribution in [0.3, 0.4) is 0 Å². The molecule has 9 nitrogen and oxygen atoms in total. The van der Waals surface area contributed by atoms with Crippen LogP contribution in [0.1, 0.15) is 41.8 Å². The third kappa shape index (κ3) is 5.35. The first-order valence-corrected chi connectivity index (χ1v) is 13.5. The van der Waals surface area contributed by atoms with Crippen LogP contribution in [0.5, 0.6) is 11.5 Å². The summed E-state index contributed by atoms with van der Waals surface area (Å²) in [5, 5.41) is 11.1. The molecule has 0 spiro atoms. The number of benzene rings is 3. The molecule has 42 heavy (non-hydrogen) atoms. The Bertz CT molecular complexity index is 1660. The molecule has 0 amide bonds. The van der Waals surface area contributed by atoms with E-state index in [9.17, 15) is 14.7 Å². The summed E-state index contributed by atoms with van der Waals surface area (Å²) in [6, 6.07) is 25.1. The molecule has 0 radical (unpaired) electrons. The first kappa shape index (κ1) is 28.9. The second-order valence-electron chi connectivity index (χ2n) is 9.78. The molecule has 2 N–H and O–H groups in total. The number of aromatic nitrogens is 2. The third-order valence-electron chi connectivity index (χ3n) is 7.35. The summed E-state index contributed by atoms with van der Waals surface area (Å²) < 4.78 is 25.8. The predicted molar refractivity (Wildman–Crippen MR) is 157 cm³/mol. The molecule has 1 fully saturated rings. The van der Waals surface area contributed by atoms with E-state index in [2.05, 4.69) is 16.8 Å². The maximum Gasteiger partial charge on any atom is 0.330 e. The molecular weight excluding hydrogens is 536 g/mol. The van der Waals surface area contributed by atoms with Crippen LogP contribution in [-0.2, 0) is 15.1 Å². The van der Waals surface area contributed by atoms with Crippen LogP contribution in [-0.4, -0.2) is 47.7 Å². The maximum absolute atomic E-state index is 12.6. The second kappa shape index (κ2) is 12.5. The van der Waals surface area contributed by atoms with E-state index in [-0.39, 0.29) is 18.6 Å². The number of ether oxygens (including phenoxy) is 4. The highest BCUT2D eigenvalue weighted by Crippen LogP contribution is 2.47. The van der Waals surface area contributed by atoms with Crippen molar-refractivity contribution >= 4 is 0 Å². The van der Waals surface area contributed by atoms with Gasteiger partial charge in [-0.2, -0.15) is 0 Å². The van der Waals surface area contributed by atoms with Crippen molar-refractivity contribution in [3.05, 3.63) is 128 Å². The number of H-pyrrole nitrogens is 1. The van der Waals surface area contributed by atoms with Crippen molar-refractivity contribution in [1.29, 1.82) is 0 Å². The van der Waals surface area contributed by atoms with Crippen molar-refractivity contribution in [2.75, 3.05) is 20.8 Å². The molecule has 1 aliphatic heterocycles. The Morgan fingerprint density at radius 2 is 1.64 bits per heavy atom. The third-order valence-corrected chi connectivity index (χ3v) is 7.35. The molecule has 2 heterocycles. The van der Waals surface area contributed by atoms with Crippen molar-refractivity contribution in [3.63, 3.8) is 0 Å². The molecule has 1 aliphatic rings. The number of rotatable bonds is 9. The predicted octanol–water partition coefficient (Wildman–Crippen LogP) is 3.58. The van der Waals surface area contributed by atoms with Gasteiger partial charge in [0.1, 0.15) is 23.5 Å². The number of methoxy groups -OCH3 is 2. The molecule has 0 bridgehead atoms. The van der Waals surface area contributed by atoms with Gasteiger partial charge < -0.3 is 24.1 Å². The van der Waals surface area contributed by atoms with Crippen LogP contribution in [0.25, 0.3) is 0 Å². The summed E-state index contributed by atoms with van der Waals surface area (Å²) in [6.45, 7) is 1.56. The van der Waals surface area contributed by atoms with Crippen molar-refractivity contribution in [3.8, 4) is 23.3 Å². The van der Waals surface area contributed by atoms with Crippen LogP contribution in [0.4, 0.5) is 0 Å². The summed E-state index contributed by atoms with van der Waals surface area (Å²) in [6.07, 6.45) is -1.10. The minimum atomic E-state index is -1.19. The molecule has 1 aromatic heterocycles. The standard InChI is InChI=1S/C33H32N2O7/c1-4-12-22-20-35(32(38)34-31(22)37)29-19-26(36)28(42-29)21-41-33(23-13-7-5-8-14-23,24-15-9-6-10-16-24)25-17-11-18-27(39-2)30(25)40-3/h5-11,13-18,20,26,28-29,36H,19,21H2,1-3H3,(H,34,37,38)/t26-,28+,29+/m0/s1. The molecule has 4 aromatic rings. The number of nitrogens with zero attached hydrogens (tertiary/aromatic N) is 1. The van der Waals surface area contributed by atoms with Gasteiger partial charge in [-0.15, -0.1) is 5.92 Å². The van der Waals surface area contributed by atoms with E-state index in [1.54, 1.807) is 21.1 Å². The Labute approximate surface area is 243 Å². The van der Waals surface area contributed by atoms with Crippen molar-refractivity contribution < 1.29 is 24.1 Å². The Kier molecular flexibility index (Phi) is 8.59. The Balaban J connectivity index is 1.57. The van der Waals surface area contributed by atoms with Gasteiger partial charge in [0.15, 0.2) is 11.5 Å². The topological polar surface area (TPSA) is 112 Å². The Morgan fingerprint density at radius 1 is 0.976 bits per heavy atom. The van der Waals surface area contributed by atoms with Crippen LogP contribution in [0.2, 0.25) is 0 Å². The van der Waals surface area contributed by atoms with Gasteiger partial charge in [0.25, 0.3) is 5.56 Å². The highest BCUT2D eigenvalue weighted by atomic mass is 16.6. The van der Waals surface area contributed by atoms with E-state index in [4.69, 9.17) is 18.9 Å². The number of hydrogen-bond acceptors (Lipinski definition) is 7. The molecule has 0 aliphatic carbocycles. The molecule has 0 saturated carbocycles. The lowest BCUT2D eigenvalue weighted by atomic mass is 9.79. The Morgan fingerprint density at radius 3 is 2.24 bits per heavy atom. The minimum absolute atomic E-state index is 0.0401. The van der Waals surface area contributed by atoms with Crippen molar-refractivity contribution in [1.82, 2.24) is 9.55 Å². The quantitative estimate of drug-likeness (QED) is 0.235. The SMILES string of the molecule is CC#Cc1cn([C@H]2C[C@H](O)[C@@H](COC(c3ccccc3)(c3ccccc3)c3cccc(OC)c3OC)O2)c(=O)[nH]c1=O. The highest BCUT2D eigenvalue weighted by molar-refractivity contribution is 5.57. The number of hydrogen-bond donors (Lipinski definition) is 2. The number of nitrogens with one attached hydrogen (secondary N) is 1. The first-order chi connectivity index (χ1) is 20.4. The van der Waals surface area contributed by atoms with E-state index >= 15 is 0 Å². The molecule has 3 atom stereocenters. The molecule has 1 saturated heterocycles. The number of aliphatic hydroxyl groups excluding tert-OH is 1. The summed E-state index contributed by atoms with van der Waals surface area (Å²) in [7, 11) is 3.16. The second-order valence-corrected chi connectivity index (χ2v) is 9.78. The zero-order valence-electron chi connectivity index (χ0n) is 23.6. The molecular formula is C33H32N2O7. The van der Waals surface area contributed by atoms with Gasteiger partial charge in [0.2, 0.25) is 0 Å². The van der Waals surface area contributed by atoms with E-state index in [0.717, 1.165) is 11.1 Å². The Hall–Kier alpha value is -4.62. The first-order valence-electron chi connectivity index (χ1n) is 13.5. The average molecular weight is 569 g/mol. The molecule has 9 heteroatoms. The van der Waals surface area contributed by atoms with E-state index in [1.807, 2.05) is 78.9 Å². The monoisotopic (exact) mass is 568 g/mol. The van der Waals surface area contributed by atoms with E-state index in [0.29, 0.717) is 17.1 Å². The van der Waals surface area contributed by atoms with Crippen molar-refractivity contribution in [2.24, 2.45) is 0 Å². The van der Waals surface area contributed by atoms with Crippen LogP contribution < -0.4 is 20.7 Å². The summed E-state index contributed by atoms with van der Waals surface area (Å²) >= 11 is 0. The number of para-hydroxylation sites is 1. The lowest BCUT2D eigenvalue weighted by molar-refractivity contribution is -0.0948. The fourth-order valence-electron chi connectivity index (χ4n) is 5.40. The van der Waals surface area contributed by atoms with E-state index in [1.165, 1.54) is 10.8 Å². The lowest BCUT2D eigenvalue weighted by Crippen LogP contribution is -2.38. The minimum Gasteiger partial charge on any atom is -0.493 e. The molecule has 5 rings (SSSR count). The van der Waals surface area contributed by atoms with Gasteiger partial charge in [-0.3, -0.25) is 14.3 Å². The fraction of sp³-hybridized carbons (Fsp3) is 0.273. The largest absolute Gasteiger partial charge is 0.493 e. The zero-order chi connectivity index (χ0) is 29.7. The summed E-state index contributed by atoms with van der Waals surface area (Å²) in [5.41, 5.74) is 0.0640. The van der Waals surface area contributed by atoms with Crippen LogP contribution >= 0.6 is 0 Å².